The first kappa shape index (κ1) is 12.7. The molecule has 0 saturated heterocycles. The number of benzene rings is 1. The van der Waals surface area contributed by atoms with E-state index in [9.17, 15) is 4.39 Å². The Morgan fingerprint density at radius 2 is 2.30 bits per heavy atom. The second kappa shape index (κ2) is 4.97. The predicted octanol–water partition coefficient (Wildman–Crippen LogP) is 2.84. The summed E-state index contributed by atoms with van der Waals surface area (Å²) in [6.07, 6.45) is 4.07. The highest BCUT2D eigenvalue weighted by molar-refractivity contribution is 5.99. The zero-order valence-corrected chi connectivity index (χ0v) is 11.0. The summed E-state index contributed by atoms with van der Waals surface area (Å²) in [5.41, 5.74) is 7.32. The van der Waals surface area contributed by atoms with E-state index in [1.54, 1.807) is 12.3 Å². The van der Waals surface area contributed by atoms with E-state index in [4.69, 9.17) is 11.0 Å². The summed E-state index contributed by atoms with van der Waals surface area (Å²) in [7, 11) is 0. The molecule has 1 aliphatic carbocycles. The third-order valence-corrected chi connectivity index (χ3v) is 3.59. The molecule has 0 bridgehead atoms. The molecule has 0 radical (unpaired) electrons. The number of nitrogens with two attached hydrogens (primary N) is 1. The van der Waals surface area contributed by atoms with Gasteiger partial charge >= 0.3 is 0 Å². The Bertz CT molecular complexity index is 688. The van der Waals surface area contributed by atoms with Crippen LogP contribution in [0.3, 0.4) is 0 Å². The molecule has 0 atom stereocenters. The number of nitriles is 1. The maximum Gasteiger partial charge on any atom is 0.150 e. The minimum Gasteiger partial charge on any atom is -0.398 e. The predicted molar refractivity (Wildman–Crippen MR) is 76.7 cm³/mol. The zero-order valence-electron chi connectivity index (χ0n) is 11.0. The minimum atomic E-state index is -0.362. The Balaban J connectivity index is 2.16. The third kappa shape index (κ3) is 2.14. The van der Waals surface area contributed by atoms with E-state index >= 15 is 0 Å². The molecular formula is C15H15FN4. The second-order valence-electron chi connectivity index (χ2n) is 5.03. The lowest BCUT2D eigenvalue weighted by atomic mass is 10.1. The fraction of sp³-hybridized carbons (Fsp3) is 0.333. The Morgan fingerprint density at radius 1 is 1.50 bits per heavy atom. The summed E-state index contributed by atoms with van der Waals surface area (Å²) in [6.45, 7) is 0.522. The fourth-order valence-electron chi connectivity index (χ4n) is 2.53. The molecule has 20 heavy (non-hydrogen) atoms. The van der Waals surface area contributed by atoms with E-state index in [-0.39, 0.29) is 5.82 Å². The van der Waals surface area contributed by atoms with Crippen LogP contribution in [0.4, 0.5) is 15.8 Å². The van der Waals surface area contributed by atoms with Gasteiger partial charge in [-0.1, -0.05) is 0 Å². The van der Waals surface area contributed by atoms with Crippen molar-refractivity contribution in [3.8, 4) is 6.07 Å². The van der Waals surface area contributed by atoms with Crippen LogP contribution in [0.25, 0.3) is 10.9 Å². The number of rotatable bonds is 4. The highest BCUT2D eigenvalue weighted by atomic mass is 19.1. The number of pyridine rings is 1. The minimum absolute atomic E-state index is 0.312. The molecule has 1 heterocycles. The van der Waals surface area contributed by atoms with Crippen LogP contribution in [0.15, 0.2) is 24.4 Å². The molecule has 4 nitrogen and oxygen atoms in total. The maximum absolute atomic E-state index is 14.4. The molecule has 2 aromatic rings. The van der Waals surface area contributed by atoms with Crippen molar-refractivity contribution in [2.45, 2.75) is 25.3 Å². The van der Waals surface area contributed by atoms with Crippen molar-refractivity contribution in [2.24, 2.45) is 0 Å². The number of fused-ring (bicyclic) bond motifs is 1. The van der Waals surface area contributed by atoms with E-state index in [0.29, 0.717) is 35.9 Å². The monoisotopic (exact) mass is 270 g/mol. The van der Waals surface area contributed by atoms with Crippen molar-refractivity contribution in [1.82, 2.24) is 4.98 Å². The number of aromatic nitrogens is 1. The maximum atomic E-state index is 14.4. The van der Waals surface area contributed by atoms with Crippen molar-refractivity contribution in [3.63, 3.8) is 0 Å². The molecule has 1 saturated carbocycles. The average Bonchev–Trinajstić information content (AvgIpc) is 3.27. The van der Waals surface area contributed by atoms with Crippen LogP contribution in [0.5, 0.6) is 0 Å². The van der Waals surface area contributed by atoms with Gasteiger partial charge in [-0.15, -0.1) is 0 Å². The Hall–Kier alpha value is -2.35. The summed E-state index contributed by atoms with van der Waals surface area (Å²) < 4.78 is 14.4. The summed E-state index contributed by atoms with van der Waals surface area (Å²) in [5, 5.41) is 9.54. The Morgan fingerprint density at radius 3 is 3.00 bits per heavy atom. The number of hydrogen-bond donors (Lipinski definition) is 1. The summed E-state index contributed by atoms with van der Waals surface area (Å²) in [4.78, 5) is 6.26. The number of anilines is 2. The Labute approximate surface area is 116 Å². The van der Waals surface area contributed by atoms with Gasteiger partial charge in [-0.3, -0.25) is 4.98 Å². The van der Waals surface area contributed by atoms with Crippen LogP contribution in [-0.2, 0) is 0 Å². The lowest BCUT2D eigenvalue weighted by Crippen LogP contribution is -2.28. The average molecular weight is 270 g/mol. The standard InChI is InChI=1S/C15H15FN4/c16-12-9-13(18)11-3-1-7-19-14(11)15(12)20(8-2-6-17)10-4-5-10/h1,3,7,9-10H,2,4-5,8,18H2. The molecule has 1 aromatic carbocycles. The van der Waals surface area contributed by atoms with Gasteiger partial charge in [-0.25, -0.2) is 4.39 Å². The van der Waals surface area contributed by atoms with Crippen LogP contribution in [-0.4, -0.2) is 17.6 Å². The molecule has 0 aliphatic heterocycles. The summed E-state index contributed by atoms with van der Waals surface area (Å²) >= 11 is 0. The first-order valence-electron chi connectivity index (χ1n) is 6.68. The molecule has 0 amide bonds. The molecule has 102 valence electrons. The fourth-order valence-corrected chi connectivity index (χ4v) is 2.53. The van der Waals surface area contributed by atoms with E-state index < -0.39 is 0 Å². The quantitative estimate of drug-likeness (QED) is 0.867. The van der Waals surface area contributed by atoms with Crippen LogP contribution < -0.4 is 10.6 Å². The van der Waals surface area contributed by atoms with Crippen LogP contribution in [0, 0.1) is 17.1 Å². The first-order chi connectivity index (χ1) is 9.72. The van der Waals surface area contributed by atoms with Crippen LogP contribution in [0.2, 0.25) is 0 Å². The second-order valence-corrected chi connectivity index (χ2v) is 5.03. The number of halogens is 1. The van der Waals surface area contributed by atoms with Crippen molar-refractivity contribution in [2.75, 3.05) is 17.2 Å². The summed E-state index contributed by atoms with van der Waals surface area (Å²) in [6, 6.07) is 7.41. The van der Waals surface area contributed by atoms with Gasteiger partial charge in [0.05, 0.1) is 18.0 Å². The van der Waals surface area contributed by atoms with Gasteiger partial charge in [0.2, 0.25) is 0 Å². The van der Waals surface area contributed by atoms with E-state index in [1.165, 1.54) is 6.07 Å². The highest BCUT2D eigenvalue weighted by Crippen LogP contribution is 2.38. The molecule has 0 spiro atoms. The first-order valence-corrected chi connectivity index (χ1v) is 6.68. The molecule has 0 unspecified atom stereocenters. The molecular weight excluding hydrogens is 255 g/mol. The topological polar surface area (TPSA) is 65.9 Å². The molecule has 1 fully saturated rings. The van der Waals surface area contributed by atoms with Crippen LogP contribution in [0.1, 0.15) is 19.3 Å². The van der Waals surface area contributed by atoms with Gasteiger partial charge in [0.1, 0.15) is 5.69 Å². The molecule has 1 aromatic heterocycles. The summed E-state index contributed by atoms with van der Waals surface area (Å²) in [5.74, 6) is -0.362. The zero-order chi connectivity index (χ0) is 14.1. The van der Waals surface area contributed by atoms with E-state index in [2.05, 4.69) is 11.1 Å². The molecule has 1 aliphatic rings. The van der Waals surface area contributed by atoms with Crippen molar-refractivity contribution < 1.29 is 4.39 Å². The van der Waals surface area contributed by atoms with Gasteiger partial charge in [-0.2, -0.15) is 5.26 Å². The van der Waals surface area contributed by atoms with Crippen LogP contribution >= 0.6 is 0 Å². The molecule has 5 heteroatoms. The molecule has 3 rings (SSSR count). The largest absolute Gasteiger partial charge is 0.398 e. The van der Waals surface area contributed by atoms with Gasteiger partial charge in [0.15, 0.2) is 5.82 Å². The van der Waals surface area contributed by atoms with E-state index in [1.807, 2.05) is 11.0 Å². The van der Waals surface area contributed by atoms with Crippen molar-refractivity contribution >= 4 is 22.3 Å². The highest BCUT2D eigenvalue weighted by Gasteiger charge is 2.32. The third-order valence-electron chi connectivity index (χ3n) is 3.59. The lowest BCUT2D eigenvalue weighted by molar-refractivity contribution is 0.618. The number of nitrogens with zero attached hydrogens (tertiary/aromatic N) is 3. The van der Waals surface area contributed by atoms with Gasteiger partial charge in [0, 0.05) is 29.9 Å². The van der Waals surface area contributed by atoms with Crippen molar-refractivity contribution in [1.29, 1.82) is 5.26 Å². The number of nitrogen functional groups attached to an aromatic ring is 1. The van der Waals surface area contributed by atoms with Gasteiger partial charge in [0.25, 0.3) is 0 Å². The van der Waals surface area contributed by atoms with E-state index in [0.717, 1.165) is 18.2 Å². The molecule has 2 N–H and O–H groups in total. The van der Waals surface area contributed by atoms with Gasteiger partial charge < -0.3 is 10.6 Å². The normalized spacial score (nSPS) is 14.2. The Kier molecular flexibility index (Phi) is 3.15. The van der Waals surface area contributed by atoms with Gasteiger partial charge in [-0.05, 0) is 31.0 Å². The number of hydrogen-bond acceptors (Lipinski definition) is 4. The smallest absolute Gasteiger partial charge is 0.150 e. The van der Waals surface area contributed by atoms with Crippen molar-refractivity contribution in [3.05, 3.63) is 30.2 Å². The lowest BCUT2D eigenvalue weighted by Gasteiger charge is -2.25. The SMILES string of the molecule is N#CCCN(c1c(F)cc(N)c2cccnc12)C1CC1.